The normalized spacial score (nSPS) is 20.6. The Balaban J connectivity index is 1.42. The Morgan fingerprint density at radius 2 is 1.53 bits per heavy atom. The summed E-state index contributed by atoms with van der Waals surface area (Å²) in [5, 5.41) is 24.7. The molecular weight excluding hydrogens is 482 g/mol. The second-order valence-corrected chi connectivity index (χ2v) is 9.92. The van der Waals surface area contributed by atoms with Gasteiger partial charge in [-0.3, -0.25) is 4.79 Å². The number of carbonyl (C=O) groups is 1. The topological polar surface area (TPSA) is 140 Å². The average molecular weight is 520 g/mol. The van der Waals surface area contributed by atoms with Crippen molar-refractivity contribution >= 4 is 5.91 Å². The lowest BCUT2D eigenvalue weighted by Crippen LogP contribution is -2.44. The molecule has 5 atom stereocenters. The minimum absolute atomic E-state index is 0.103. The summed E-state index contributed by atoms with van der Waals surface area (Å²) in [7, 11) is 0. The Bertz CT molecular complexity index is 1160. The maximum Gasteiger partial charge on any atom is 0.248 e. The first-order valence-corrected chi connectivity index (χ1v) is 13.0. The van der Waals surface area contributed by atoms with Gasteiger partial charge in [0, 0.05) is 24.2 Å². The van der Waals surface area contributed by atoms with Crippen molar-refractivity contribution < 1.29 is 24.5 Å². The maximum absolute atomic E-state index is 11.8. The van der Waals surface area contributed by atoms with Gasteiger partial charge in [-0.2, -0.15) is 0 Å². The molecule has 0 bridgehead atoms. The predicted octanol–water partition coefficient (Wildman–Crippen LogP) is 2.58. The van der Waals surface area contributed by atoms with Gasteiger partial charge in [-0.1, -0.05) is 42.5 Å². The zero-order chi connectivity index (χ0) is 26.9. The Morgan fingerprint density at radius 3 is 2.13 bits per heavy atom. The summed E-state index contributed by atoms with van der Waals surface area (Å²) in [5.74, 6) is 1.00. The van der Waals surface area contributed by atoms with E-state index in [4.69, 9.17) is 20.9 Å². The van der Waals surface area contributed by atoms with Crippen LogP contribution in [0.3, 0.4) is 0 Å². The molecule has 38 heavy (non-hydrogen) atoms. The van der Waals surface area contributed by atoms with Gasteiger partial charge < -0.3 is 36.5 Å². The second-order valence-electron chi connectivity index (χ2n) is 9.92. The zero-order valence-electron chi connectivity index (χ0n) is 21.4. The van der Waals surface area contributed by atoms with E-state index in [0.29, 0.717) is 36.3 Å². The molecule has 0 heterocycles. The summed E-state index contributed by atoms with van der Waals surface area (Å²) in [5.41, 5.74) is 14.5. The highest BCUT2D eigenvalue weighted by Crippen LogP contribution is 2.33. The van der Waals surface area contributed by atoms with E-state index in [-0.39, 0.29) is 31.7 Å². The Morgan fingerprint density at radius 1 is 0.921 bits per heavy atom. The smallest absolute Gasteiger partial charge is 0.248 e. The molecule has 0 radical (unpaired) electrons. The van der Waals surface area contributed by atoms with Crippen molar-refractivity contribution in [3.8, 4) is 11.5 Å². The lowest BCUT2D eigenvalue weighted by atomic mass is 9.90. The highest BCUT2D eigenvalue weighted by molar-refractivity contribution is 5.93. The molecule has 0 aromatic heterocycles. The quantitative estimate of drug-likeness (QED) is 0.232. The summed E-state index contributed by atoms with van der Waals surface area (Å²) in [6.07, 6.45) is 0.492. The van der Waals surface area contributed by atoms with Crippen molar-refractivity contribution in [2.75, 3.05) is 19.8 Å². The molecule has 0 fully saturated rings. The minimum atomic E-state index is -0.745. The van der Waals surface area contributed by atoms with E-state index in [1.54, 1.807) is 12.1 Å². The number of ether oxygens (including phenoxy) is 2. The van der Waals surface area contributed by atoms with E-state index >= 15 is 0 Å². The van der Waals surface area contributed by atoms with Crippen LogP contribution in [-0.4, -0.2) is 54.1 Å². The van der Waals surface area contributed by atoms with Gasteiger partial charge in [0.05, 0.1) is 6.10 Å². The molecule has 0 saturated heterocycles. The number of rotatable bonds is 12. The van der Waals surface area contributed by atoms with Crippen molar-refractivity contribution in [2.24, 2.45) is 17.4 Å². The van der Waals surface area contributed by atoms with Crippen LogP contribution in [0.1, 0.15) is 40.4 Å². The number of aliphatic hydroxyl groups excluding tert-OH is 2. The minimum Gasteiger partial charge on any atom is -0.491 e. The summed E-state index contributed by atoms with van der Waals surface area (Å²) in [6, 6.07) is 23.5. The highest BCUT2D eigenvalue weighted by Gasteiger charge is 2.31. The molecule has 0 spiro atoms. The third kappa shape index (κ3) is 7.79. The first-order valence-electron chi connectivity index (χ1n) is 13.0. The lowest BCUT2D eigenvalue weighted by molar-refractivity contribution is 0.0792. The first kappa shape index (κ1) is 27.6. The van der Waals surface area contributed by atoms with E-state index < -0.39 is 24.2 Å². The average Bonchev–Trinajstić information content (AvgIpc) is 3.06. The van der Waals surface area contributed by atoms with Crippen molar-refractivity contribution in [1.29, 1.82) is 0 Å². The van der Waals surface area contributed by atoms with Crippen molar-refractivity contribution in [3.05, 3.63) is 95.6 Å². The number of nitrogens with two attached hydrogens (primary N) is 2. The van der Waals surface area contributed by atoms with Crippen molar-refractivity contribution in [1.82, 2.24) is 5.32 Å². The summed E-state index contributed by atoms with van der Waals surface area (Å²) >= 11 is 0. The zero-order valence-corrected chi connectivity index (χ0v) is 21.4. The van der Waals surface area contributed by atoms with Gasteiger partial charge in [-0.25, -0.2) is 0 Å². The number of carbonyl (C=O) groups excluding carboxylic acids is 1. The molecule has 4 rings (SSSR count). The molecule has 1 amide bonds. The van der Waals surface area contributed by atoms with Gasteiger partial charge in [0.15, 0.2) is 0 Å². The molecule has 0 saturated carbocycles. The molecule has 3 aromatic carbocycles. The van der Waals surface area contributed by atoms with Gasteiger partial charge in [-0.15, -0.1) is 0 Å². The molecule has 8 heteroatoms. The molecule has 202 valence electrons. The molecule has 1 aliphatic rings. The van der Waals surface area contributed by atoms with Crippen LogP contribution in [0.15, 0.2) is 78.9 Å². The summed E-state index contributed by atoms with van der Waals surface area (Å²) in [4.78, 5) is 11.8. The van der Waals surface area contributed by atoms with E-state index in [1.165, 1.54) is 0 Å². The third-order valence-electron chi connectivity index (χ3n) is 6.91. The number of nitrogens with one attached hydrogen (secondary N) is 1. The van der Waals surface area contributed by atoms with E-state index in [0.717, 1.165) is 11.1 Å². The molecule has 0 aliphatic heterocycles. The SMILES string of the molecule is NC(=O)c1ccc2c(c1)C(N)C(NC[C@H](O)COc1ccccc1)CC(C[C@H](O)COc1ccccc1)C2. The van der Waals surface area contributed by atoms with Gasteiger partial charge >= 0.3 is 0 Å². The van der Waals surface area contributed by atoms with Crippen molar-refractivity contribution in [2.45, 2.75) is 43.6 Å². The number of amides is 1. The first-order chi connectivity index (χ1) is 18.4. The predicted molar refractivity (Wildman–Crippen MR) is 146 cm³/mol. The number of primary amides is 1. The fraction of sp³-hybridized carbons (Fsp3) is 0.367. The van der Waals surface area contributed by atoms with Gasteiger partial charge in [0.1, 0.15) is 30.8 Å². The standard InChI is InChI=1S/C30H37N3O5/c31-29-27-16-22(30(32)36)12-11-21(27)13-20(14-23(34)18-37-25-7-3-1-4-8-25)15-28(29)33-17-24(35)19-38-26-9-5-2-6-10-26/h1-12,16,20,23-24,28-29,33-35H,13-15,17-19,31H2,(H2,32,36)/t20?,23-,24-,28?,29?/m0/s1. The van der Waals surface area contributed by atoms with E-state index in [2.05, 4.69) is 5.32 Å². The van der Waals surface area contributed by atoms with Crippen LogP contribution in [0, 0.1) is 5.92 Å². The second kappa shape index (κ2) is 13.4. The number of benzene rings is 3. The Kier molecular flexibility index (Phi) is 9.73. The molecular formula is C30H37N3O5. The number of para-hydroxylation sites is 2. The van der Waals surface area contributed by atoms with Crippen LogP contribution in [0.25, 0.3) is 0 Å². The number of fused-ring (bicyclic) bond motifs is 1. The van der Waals surface area contributed by atoms with Gasteiger partial charge in [0.2, 0.25) is 5.91 Å². The Labute approximate surface area is 223 Å². The van der Waals surface area contributed by atoms with Crippen LogP contribution in [-0.2, 0) is 6.42 Å². The van der Waals surface area contributed by atoms with Crippen LogP contribution < -0.4 is 26.3 Å². The fourth-order valence-corrected chi connectivity index (χ4v) is 4.97. The largest absolute Gasteiger partial charge is 0.491 e. The highest BCUT2D eigenvalue weighted by atomic mass is 16.5. The molecule has 3 aromatic rings. The fourth-order valence-electron chi connectivity index (χ4n) is 4.97. The Hall–Kier alpha value is -3.43. The summed E-state index contributed by atoms with van der Waals surface area (Å²) in [6.45, 7) is 0.608. The van der Waals surface area contributed by atoms with E-state index in [1.807, 2.05) is 66.7 Å². The molecule has 8 nitrogen and oxygen atoms in total. The van der Waals surface area contributed by atoms with Crippen LogP contribution in [0.2, 0.25) is 0 Å². The maximum atomic E-state index is 11.8. The van der Waals surface area contributed by atoms with E-state index in [9.17, 15) is 15.0 Å². The van der Waals surface area contributed by atoms with Crippen LogP contribution in [0.5, 0.6) is 11.5 Å². The number of hydrogen-bond acceptors (Lipinski definition) is 7. The summed E-state index contributed by atoms with van der Waals surface area (Å²) < 4.78 is 11.4. The van der Waals surface area contributed by atoms with Crippen LogP contribution >= 0.6 is 0 Å². The molecule has 1 aliphatic carbocycles. The third-order valence-corrected chi connectivity index (χ3v) is 6.91. The lowest BCUT2D eigenvalue weighted by Gasteiger charge is -2.28. The molecule has 3 unspecified atom stereocenters. The van der Waals surface area contributed by atoms with Crippen LogP contribution in [0.4, 0.5) is 0 Å². The number of aliphatic hydroxyl groups is 2. The van der Waals surface area contributed by atoms with Gasteiger partial charge in [0.25, 0.3) is 0 Å². The van der Waals surface area contributed by atoms with Gasteiger partial charge in [-0.05, 0) is 72.7 Å². The monoisotopic (exact) mass is 519 g/mol. The molecule has 7 N–H and O–H groups in total. The van der Waals surface area contributed by atoms with Crippen molar-refractivity contribution in [3.63, 3.8) is 0 Å². The number of hydrogen-bond donors (Lipinski definition) is 5.